The summed E-state index contributed by atoms with van der Waals surface area (Å²) < 4.78 is 18.2. The van der Waals surface area contributed by atoms with E-state index >= 15 is 0 Å². The lowest BCUT2D eigenvalue weighted by Crippen LogP contribution is -2.06. The highest BCUT2D eigenvalue weighted by Crippen LogP contribution is 2.44. The van der Waals surface area contributed by atoms with Crippen molar-refractivity contribution in [3.63, 3.8) is 0 Å². The van der Waals surface area contributed by atoms with Crippen molar-refractivity contribution >= 4 is 5.82 Å². The summed E-state index contributed by atoms with van der Waals surface area (Å²) in [7, 11) is 4.74. The highest BCUT2D eigenvalue weighted by molar-refractivity contribution is 5.59. The minimum absolute atomic E-state index is 0.173. The topological polar surface area (TPSA) is 88.7 Å². The highest BCUT2D eigenvalue weighted by atomic mass is 16.6. The summed E-state index contributed by atoms with van der Waals surface area (Å²) in [6, 6.07) is 1.86. The van der Waals surface area contributed by atoms with Gasteiger partial charge in [0.05, 0.1) is 27.9 Å². The number of nitro groups is 1. The van der Waals surface area contributed by atoms with Crippen molar-refractivity contribution in [1.82, 2.24) is 9.55 Å². The van der Waals surface area contributed by atoms with E-state index in [0.717, 1.165) is 11.1 Å². The SMILES string of the molecule is COc1cc(Cn2cnc([N+](=O)[O-])c2)c(OC)c(OC)c1C(C)C. The van der Waals surface area contributed by atoms with Gasteiger partial charge in [-0.3, -0.25) is 0 Å². The number of hydrogen-bond donors (Lipinski definition) is 0. The maximum Gasteiger partial charge on any atom is 0.381 e. The van der Waals surface area contributed by atoms with Crippen molar-refractivity contribution in [2.75, 3.05) is 21.3 Å². The number of hydrogen-bond acceptors (Lipinski definition) is 6. The van der Waals surface area contributed by atoms with Gasteiger partial charge in [0, 0.05) is 11.1 Å². The molecule has 2 rings (SSSR count). The van der Waals surface area contributed by atoms with Crippen LogP contribution in [0, 0.1) is 10.1 Å². The molecule has 0 N–H and O–H groups in total. The van der Waals surface area contributed by atoms with Crippen LogP contribution in [-0.4, -0.2) is 35.8 Å². The molecule has 8 nitrogen and oxygen atoms in total. The van der Waals surface area contributed by atoms with E-state index in [1.807, 2.05) is 19.9 Å². The average Bonchev–Trinajstić information content (AvgIpc) is 3.01. The summed E-state index contributed by atoms with van der Waals surface area (Å²) in [5, 5.41) is 10.8. The first-order valence-corrected chi connectivity index (χ1v) is 7.40. The van der Waals surface area contributed by atoms with Gasteiger partial charge in [0.25, 0.3) is 0 Å². The molecule has 1 aromatic heterocycles. The van der Waals surface area contributed by atoms with Crippen molar-refractivity contribution < 1.29 is 19.1 Å². The van der Waals surface area contributed by atoms with Crippen LogP contribution in [0.2, 0.25) is 0 Å². The van der Waals surface area contributed by atoms with E-state index in [0.29, 0.717) is 23.8 Å². The summed E-state index contributed by atoms with van der Waals surface area (Å²) in [5.41, 5.74) is 1.69. The predicted octanol–water partition coefficient (Wildman–Crippen LogP) is 2.99. The normalized spacial score (nSPS) is 10.8. The Morgan fingerprint density at radius 1 is 1.21 bits per heavy atom. The fourth-order valence-corrected chi connectivity index (χ4v) is 2.67. The van der Waals surface area contributed by atoms with Crippen molar-refractivity contribution in [3.05, 3.63) is 39.8 Å². The van der Waals surface area contributed by atoms with Crippen molar-refractivity contribution in [1.29, 1.82) is 0 Å². The molecular formula is C16H21N3O5. The number of aromatic nitrogens is 2. The third kappa shape index (κ3) is 3.27. The maximum absolute atomic E-state index is 10.8. The van der Waals surface area contributed by atoms with E-state index in [-0.39, 0.29) is 11.7 Å². The third-order valence-corrected chi connectivity index (χ3v) is 3.68. The lowest BCUT2D eigenvalue weighted by molar-refractivity contribution is -0.389. The number of ether oxygens (including phenoxy) is 3. The molecule has 1 heterocycles. The van der Waals surface area contributed by atoms with Crippen LogP contribution in [0.25, 0.3) is 0 Å². The number of methoxy groups -OCH3 is 3. The zero-order valence-corrected chi connectivity index (χ0v) is 14.4. The zero-order valence-electron chi connectivity index (χ0n) is 14.4. The minimum Gasteiger partial charge on any atom is -0.496 e. The van der Waals surface area contributed by atoms with Crippen LogP contribution >= 0.6 is 0 Å². The molecule has 8 heteroatoms. The van der Waals surface area contributed by atoms with Gasteiger partial charge in [-0.1, -0.05) is 13.8 Å². The molecule has 0 atom stereocenters. The van der Waals surface area contributed by atoms with E-state index in [1.165, 1.54) is 12.5 Å². The Balaban J connectivity index is 2.53. The van der Waals surface area contributed by atoms with Crippen LogP contribution in [0.5, 0.6) is 17.2 Å². The maximum atomic E-state index is 10.8. The summed E-state index contributed by atoms with van der Waals surface area (Å²) in [6.07, 6.45) is 2.78. The largest absolute Gasteiger partial charge is 0.496 e. The molecule has 0 aliphatic heterocycles. The van der Waals surface area contributed by atoms with Gasteiger partial charge in [-0.2, -0.15) is 0 Å². The molecular weight excluding hydrogens is 314 g/mol. The van der Waals surface area contributed by atoms with Crippen molar-refractivity contribution in [2.24, 2.45) is 0 Å². The molecule has 0 unspecified atom stereocenters. The first-order chi connectivity index (χ1) is 11.4. The Morgan fingerprint density at radius 2 is 1.88 bits per heavy atom. The van der Waals surface area contributed by atoms with Crippen molar-refractivity contribution in [2.45, 2.75) is 26.3 Å². The molecule has 0 spiro atoms. The summed E-state index contributed by atoms with van der Waals surface area (Å²) in [6.45, 7) is 4.42. The van der Waals surface area contributed by atoms with Gasteiger partial charge in [0.2, 0.25) is 6.33 Å². The molecule has 0 saturated carbocycles. The lowest BCUT2D eigenvalue weighted by atomic mass is 9.97. The van der Waals surface area contributed by atoms with Gasteiger partial charge in [0.1, 0.15) is 11.9 Å². The second-order valence-electron chi connectivity index (χ2n) is 5.53. The van der Waals surface area contributed by atoms with Crippen LogP contribution in [0.1, 0.15) is 30.9 Å². The quantitative estimate of drug-likeness (QED) is 0.571. The summed E-state index contributed by atoms with van der Waals surface area (Å²) >= 11 is 0. The number of nitrogens with zero attached hydrogens (tertiary/aromatic N) is 3. The predicted molar refractivity (Wildman–Crippen MR) is 88.2 cm³/mol. The van der Waals surface area contributed by atoms with Crippen LogP contribution in [0.3, 0.4) is 0 Å². The zero-order chi connectivity index (χ0) is 17.9. The lowest BCUT2D eigenvalue weighted by Gasteiger charge is -2.21. The van der Waals surface area contributed by atoms with Gasteiger partial charge in [-0.15, -0.1) is 0 Å². The first kappa shape index (κ1) is 17.6. The molecule has 0 saturated heterocycles. The van der Waals surface area contributed by atoms with E-state index in [9.17, 15) is 10.1 Å². The Bertz CT molecular complexity index is 740. The molecule has 2 aromatic rings. The van der Waals surface area contributed by atoms with Gasteiger partial charge in [-0.25, -0.2) is 0 Å². The standard InChI is InChI=1S/C16H21N3O5/c1-10(2)14-12(22-3)6-11(15(23-4)16(14)24-5)7-18-8-13(17-9-18)19(20)21/h6,8-10H,7H2,1-5H3. The average molecular weight is 335 g/mol. The van der Waals surface area contributed by atoms with E-state index < -0.39 is 4.92 Å². The monoisotopic (exact) mass is 335 g/mol. The van der Waals surface area contributed by atoms with Gasteiger partial charge in [0.15, 0.2) is 11.5 Å². The Morgan fingerprint density at radius 3 is 2.33 bits per heavy atom. The molecule has 0 fully saturated rings. The Kier molecular flexibility index (Phi) is 5.28. The molecule has 0 radical (unpaired) electrons. The molecule has 1 aromatic carbocycles. The van der Waals surface area contributed by atoms with Crippen LogP contribution in [0.15, 0.2) is 18.6 Å². The Hall–Kier alpha value is -2.77. The van der Waals surface area contributed by atoms with E-state index in [2.05, 4.69) is 4.98 Å². The van der Waals surface area contributed by atoms with Crippen LogP contribution in [-0.2, 0) is 6.54 Å². The van der Waals surface area contributed by atoms with E-state index in [1.54, 1.807) is 25.9 Å². The van der Waals surface area contributed by atoms with Crippen LogP contribution in [0.4, 0.5) is 5.82 Å². The molecule has 0 aliphatic rings. The van der Waals surface area contributed by atoms with Gasteiger partial charge < -0.3 is 28.9 Å². The molecule has 130 valence electrons. The van der Waals surface area contributed by atoms with Crippen molar-refractivity contribution in [3.8, 4) is 17.2 Å². The fourth-order valence-electron chi connectivity index (χ4n) is 2.67. The smallest absolute Gasteiger partial charge is 0.381 e. The van der Waals surface area contributed by atoms with Gasteiger partial charge >= 0.3 is 5.82 Å². The number of rotatable bonds is 7. The second-order valence-corrected chi connectivity index (χ2v) is 5.53. The highest BCUT2D eigenvalue weighted by Gasteiger charge is 2.23. The first-order valence-electron chi connectivity index (χ1n) is 7.40. The number of benzene rings is 1. The molecule has 0 aliphatic carbocycles. The van der Waals surface area contributed by atoms with Gasteiger partial charge in [-0.05, 0) is 21.9 Å². The molecule has 0 amide bonds. The van der Waals surface area contributed by atoms with E-state index in [4.69, 9.17) is 14.2 Å². The second kappa shape index (κ2) is 7.20. The minimum atomic E-state index is -0.531. The third-order valence-electron chi connectivity index (χ3n) is 3.68. The number of imidazole rings is 1. The molecule has 24 heavy (non-hydrogen) atoms. The Labute approximate surface area is 140 Å². The van der Waals surface area contributed by atoms with Crippen LogP contribution < -0.4 is 14.2 Å². The summed E-state index contributed by atoms with van der Waals surface area (Å²) in [5.74, 6) is 1.85. The molecule has 0 bridgehead atoms. The summed E-state index contributed by atoms with van der Waals surface area (Å²) in [4.78, 5) is 14.0. The fraction of sp³-hybridized carbons (Fsp3) is 0.438.